The molecule has 0 bridgehead atoms. The van der Waals surface area contributed by atoms with Crippen molar-refractivity contribution >= 4 is 21.7 Å². The Kier molecular flexibility index (Phi) is 3.39. The molecule has 0 radical (unpaired) electrons. The van der Waals surface area contributed by atoms with Gasteiger partial charge in [0.1, 0.15) is 11.9 Å². The van der Waals surface area contributed by atoms with Gasteiger partial charge in [0, 0.05) is 36.1 Å². The second kappa shape index (κ2) is 5.26. The van der Waals surface area contributed by atoms with Crippen molar-refractivity contribution < 1.29 is 0 Å². The maximum Gasteiger partial charge on any atom is 0.147 e. The summed E-state index contributed by atoms with van der Waals surface area (Å²) in [6.45, 7) is 2.91. The molecule has 1 atom stereocenters. The Morgan fingerprint density at radius 1 is 1.33 bits per heavy atom. The predicted molar refractivity (Wildman–Crippen MR) is 85.4 cm³/mol. The molecule has 0 amide bonds. The van der Waals surface area contributed by atoms with Crippen LogP contribution in [0.1, 0.15) is 42.9 Å². The van der Waals surface area contributed by atoms with Gasteiger partial charge in [0.2, 0.25) is 0 Å². The van der Waals surface area contributed by atoms with E-state index in [4.69, 9.17) is 4.98 Å². The third kappa shape index (κ3) is 2.67. The standard InChI is InChI=1S/C16H19BrN4/c17-13-7-12(8-18)16(20-15(13)11-3-4-11)21-6-5-19-14(9-21)10-1-2-10/h7,10-11,14,19H,1-6,9H2. The first-order valence-corrected chi connectivity index (χ1v) is 8.64. The quantitative estimate of drug-likeness (QED) is 0.914. The molecular weight excluding hydrogens is 328 g/mol. The van der Waals surface area contributed by atoms with Crippen LogP contribution in [0.3, 0.4) is 0 Å². The van der Waals surface area contributed by atoms with Crippen LogP contribution in [-0.2, 0) is 0 Å². The van der Waals surface area contributed by atoms with E-state index in [2.05, 4.69) is 32.2 Å². The second-order valence-corrected chi connectivity index (χ2v) is 7.31. The molecule has 1 aliphatic heterocycles. The number of anilines is 1. The Hall–Kier alpha value is -1.12. The van der Waals surface area contributed by atoms with E-state index in [0.717, 1.165) is 41.5 Å². The zero-order valence-electron chi connectivity index (χ0n) is 12.0. The zero-order chi connectivity index (χ0) is 14.4. The number of nitrogens with one attached hydrogen (secondary N) is 1. The molecule has 3 fully saturated rings. The van der Waals surface area contributed by atoms with Crippen LogP contribution in [0.4, 0.5) is 5.82 Å². The number of hydrogen-bond acceptors (Lipinski definition) is 4. The van der Waals surface area contributed by atoms with Crippen LogP contribution >= 0.6 is 15.9 Å². The van der Waals surface area contributed by atoms with Gasteiger partial charge in [0.05, 0.1) is 11.3 Å². The molecule has 1 aromatic rings. The molecule has 2 aliphatic carbocycles. The van der Waals surface area contributed by atoms with Crippen molar-refractivity contribution in [3.8, 4) is 6.07 Å². The molecule has 21 heavy (non-hydrogen) atoms. The summed E-state index contributed by atoms with van der Waals surface area (Å²) < 4.78 is 0.999. The maximum atomic E-state index is 9.45. The molecule has 1 N–H and O–H groups in total. The van der Waals surface area contributed by atoms with E-state index in [0.29, 0.717) is 17.5 Å². The largest absolute Gasteiger partial charge is 0.353 e. The molecule has 2 heterocycles. The lowest BCUT2D eigenvalue weighted by Crippen LogP contribution is -2.52. The van der Waals surface area contributed by atoms with E-state index in [9.17, 15) is 5.26 Å². The number of halogens is 1. The van der Waals surface area contributed by atoms with Gasteiger partial charge in [-0.2, -0.15) is 5.26 Å². The molecule has 1 aromatic heterocycles. The molecule has 110 valence electrons. The summed E-state index contributed by atoms with van der Waals surface area (Å²) in [6.07, 6.45) is 5.14. The summed E-state index contributed by atoms with van der Waals surface area (Å²) in [5.41, 5.74) is 1.84. The van der Waals surface area contributed by atoms with E-state index in [-0.39, 0.29) is 0 Å². The van der Waals surface area contributed by atoms with Crippen molar-refractivity contribution in [2.75, 3.05) is 24.5 Å². The Labute approximate surface area is 133 Å². The number of pyridine rings is 1. The van der Waals surface area contributed by atoms with Crippen LogP contribution in [0.5, 0.6) is 0 Å². The Bertz CT molecular complexity index is 601. The van der Waals surface area contributed by atoms with E-state index in [1.54, 1.807) is 0 Å². The average molecular weight is 347 g/mol. The molecule has 4 rings (SSSR count). The smallest absolute Gasteiger partial charge is 0.147 e. The van der Waals surface area contributed by atoms with Gasteiger partial charge in [-0.15, -0.1) is 0 Å². The normalized spacial score (nSPS) is 25.7. The second-order valence-electron chi connectivity index (χ2n) is 6.46. The Morgan fingerprint density at radius 3 is 2.81 bits per heavy atom. The lowest BCUT2D eigenvalue weighted by molar-refractivity contribution is 0.417. The van der Waals surface area contributed by atoms with Crippen molar-refractivity contribution in [2.45, 2.75) is 37.6 Å². The predicted octanol–water partition coefficient (Wildman–Crippen LogP) is 2.78. The van der Waals surface area contributed by atoms with Crippen molar-refractivity contribution in [1.82, 2.24) is 10.3 Å². The minimum atomic E-state index is 0.570. The zero-order valence-corrected chi connectivity index (χ0v) is 13.6. The third-order valence-electron chi connectivity index (χ3n) is 4.76. The summed E-state index contributed by atoms with van der Waals surface area (Å²) in [4.78, 5) is 7.19. The first kappa shape index (κ1) is 13.5. The fourth-order valence-electron chi connectivity index (χ4n) is 3.24. The number of piperazine rings is 1. The SMILES string of the molecule is N#Cc1cc(Br)c(C2CC2)nc1N1CCNC(C2CC2)C1. The highest BCUT2D eigenvalue weighted by molar-refractivity contribution is 9.10. The minimum Gasteiger partial charge on any atom is -0.353 e. The van der Waals surface area contributed by atoms with Crippen LogP contribution in [0.2, 0.25) is 0 Å². The number of nitrogens with zero attached hydrogens (tertiary/aromatic N) is 3. The lowest BCUT2D eigenvalue weighted by atomic mass is 10.1. The van der Waals surface area contributed by atoms with Gasteiger partial charge in [-0.3, -0.25) is 0 Å². The number of rotatable bonds is 3. The molecule has 5 heteroatoms. The first-order valence-electron chi connectivity index (χ1n) is 7.85. The lowest BCUT2D eigenvalue weighted by Gasteiger charge is -2.35. The van der Waals surface area contributed by atoms with Gasteiger partial charge in [-0.1, -0.05) is 0 Å². The highest BCUT2D eigenvalue weighted by Crippen LogP contribution is 2.43. The highest BCUT2D eigenvalue weighted by atomic mass is 79.9. The number of hydrogen-bond donors (Lipinski definition) is 1. The average Bonchev–Trinajstić information content (AvgIpc) is 3.40. The van der Waals surface area contributed by atoms with Crippen LogP contribution < -0.4 is 10.2 Å². The first-order chi connectivity index (χ1) is 10.3. The fourth-order valence-corrected chi connectivity index (χ4v) is 3.89. The van der Waals surface area contributed by atoms with Crippen LogP contribution in [-0.4, -0.2) is 30.7 Å². The summed E-state index contributed by atoms with van der Waals surface area (Å²) in [5.74, 6) is 2.32. The summed E-state index contributed by atoms with van der Waals surface area (Å²) in [7, 11) is 0. The summed E-state index contributed by atoms with van der Waals surface area (Å²) in [6, 6.07) is 4.86. The van der Waals surface area contributed by atoms with Crippen molar-refractivity contribution in [2.24, 2.45) is 5.92 Å². The van der Waals surface area contributed by atoms with Crippen LogP contribution in [0, 0.1) is 17.2 Å². The molecular formula is C16H19BrN4. The molecule has 0 aromatic carbocycles. The highest BCUT2D eigenvalue weighted by Gasteiger charge is 2.35. The Morgan fingerprint density at radius 2 is 2.14 bits per heavy atom. The molecule has 1 unspecified atom stereocenters. The van der Waals surface area contributed by atoms with Crippen LogP contribution in [0.15, 0.2) is 10.5 Å². The van der Waals surface area contributed by atoms with Crippen molar-refractivity contribution in [1.29, 1.82) is 5.26 Å². The van der Waals surface area contributed by atoms with E-state index in [1.165, 1.54) is 25.7 Å². The van der Waals surface area contributed by atoms with Gasteiger partial charge in [0.15, 0.2) is 0 Å². The third-order valence-corrected chi connectivity index (χ3v) is 5.40. The van der Waals surface area contributed by atoms with Crippen molar-refractivity contribution in [3.63, 3.8) is 0 Å². The molecule has 4 nitrogen and oxygen atoms in total. The van der Waals surface area contributed by atoms with E-state index < -0.39 is 0 Å². The van der Waals surface area contributed by atoms with E-state index in [1.807, 2.05) is 6.07 Å². The minimum absolute atomic E-state index is 0.570. The molecule has 3 aliphatic rings. The maximum absolute atomic E-state index is 9.45. The summed E-state index contributed by atoms with van der Waals surface area (Å²) >= 11 is 3.59. The molecule has 0 spiro atoms. The topological polar surface area (TPSA) is 52.0 Å². The van der Waals surface area contributed by atoms with Crippen LogP contribution in [0.25, 0.3) is 0 Å². The van der Waals surface area contributed by atoms with E-state index >= 15 is 0 Å². The summed E-state index contributed by atoms with van der Waals surface area (Å²) in [5, 5.41) is 13.1. The Balaban J connectivity index is 1.65. The fraction of sp³-hybridized carbons (Fsp3) is 0.625. The van der Waals surface area contributed by atoms with Gasteiger partial charge >= 0.3 is 0 Å². The van der Waals surface area contributed by atoms with Gasteiger partial charge < -0.3 is 10.2 Å². The van der Waals surface area contributed by atoms with Crippen molar-refractivity contribution in [3.05, 3.63) is 21.8 Å². The van der Waals surface area contributed by atoms with Gasteiger partial charge in [-0.05, 0) is 53.6 Å². The number of nitriles is 1. The monoisotopic (exact) mass is 346 g/mol. The number of aromatic nitrogens is 1. The molecule has 2 saturated carbocycles. The molecule has 1 saturated heterocycles. The van der Waals surface area contributed by atoms with Gasteiger partial charge in [-0.25, -0.2) is 4.98 Å². The van der Waals surface area contributed by atoms with Gasteiger partial charge in [0.25, 0.3) is 0 Å².